The van der Waals surface area contributed by atoms with Crippen LogP contribution in [0.25, 0.3) is 0 Å². The van der Waals surface area contributed by atoms with Gasteiger partial charge in [0.2, 0.25) is 11.7 Å². The van der Waals surface area contributed by atoms with Gasteiger partial charge in [-0.2, -0.15) is 0 Å². The van der Waals surface area contributed by atoms with Crippen LogP contribution in [0.3, 0.4) is 0 Å². The van der Waals surface area contributed by atoms with E-state index < -0.39 is 72.3 Å². The minimum atomic E-state index is -1.80. The van der Waals surface area contributed by atoms with Gasteiger partial charge in [0.1, 0.15) is 11.7 Å². The second-order valence-electron chi connectivity index (χ2n) is 13.8. The van der Waals surface area contributed by atoms with Gasteiger partial charge in [-0.3, -0.25) is 19.2 Å². The van der Waals surface area contributed by atoms with Crippen LogP contribution in [0.5, 0.6) is 0 Å². The molecule has 9 atom stereocenters. The monoisotopic (exact) mass is 625 g/mol. The van der Waals surface area contributed by atoms with E-state index in [4.69, 9.17) is 4.74 Å². The van der Waals surface area contributed by atoms with Gasteiger partial charge in [-0.15, -0.1) is 0 Å². The number of aliphatic hydroxyl groups is 3. The molecule has 0 unspecified atom stereocenters. The lowest BCUT2D eigenvalue weighted by Gasteiger charge is -2.60. The van der Waals surface area contributed by atoms with Crippen LogP contribution < -0.4 is 5.32 Å². The fourth-order valence-electron chi connectivity index (χ4n) is 9.07. The molecule has 3 fully saturated rings. The Labute approximate surface area is 262 Å². The van der Waals surface area contributed by atoms with E-state index in [1.807, 2.05) is 6.92 Å². The van der Waals surface area contributed by atoms with Crippen molar-refractivity contribution >= 4 is 29.4 Å². The minimum absolute atomic E-state index is 0.0244. The summed E-state index contributed by atoms with van der Waals surface area (Å²) in [6, 6.07) is 6.35. The van der Waals surface area contributed by atoms with Gasteiger partial charge < -0.3 is 30.5 Å². The van der Waals surface area contributed by atoms with Crippen LogP contribution in [0.1, 0.15) is 83.3 Å². The zero-order chi connectivity index (χ0) is 32.7. The molecule has 5 N–H and O–H groups in total. The summed E-state index contributed by atoms with van der Waals surface area (Å²) in [5.74, 6) is -3.66. The quantitative estimate of drug-likeness (QED) is 0.242. The second-order valence-corrected chi connectivity index (χ2v) is 13.8. The number of ether oxygens (including phenoxy) is 1. The predicted molar refractivity (Wildman–Crippen MR) is 159 cm³/mol. The molecule has 1 aromatic rings. The van der Waals surface area contributed by atoms with Crippen LogP contribution in [0.15, 0.2) is 42.0 Å². The van der Waals surface area contributed by atoms with Crippen molar-refractivity contribution in [2.45, 2.75) is 95.5 Å². The number of hydrogen-bond donors (Lipinski definition) is 5. The molecule has 11 heteroatoms. The lowest BCUT2D eigenvalue weighted by Crippen LogP contribution is -2.62. The molecule has 11 nitrogen and oxygen atoms in total. The van der Waals surface area contributed by atoms with Crippen LogP contribution in [0.4, 0.5) is 0 Å². The molecule has 0 radical (unpaired) electrons. The van der Waals surface area contributed by atoms with Gasteiger partial charge in [-0.05, 0) is 73.3 Å². The summed E-state index contributed by atoms with van der Waals surface area (Å²) in [4.78, 5) is 62.2. The molecule has 1 aromatic carbocycles. The Morgan fingerprint density at radius 2 is 1.76 bits per heavy atom. The third-order valence-electron chi connectivity index (χ3n) is 11.5. The molecule has 0 spiro atoms. The molecule has 4 aliphatic rings. The van der Waals surface area contributed by atoms with Crippen LogP contribution in [0.2, 0.25) is 0 Å². The standard InChI is InChI=1S/C34H43NO10/c1-32-14-12-21(36)16-20(32)8-9-22-23-13-15-34(44,33(23,2)17-24(37)28(22)32)25(38)18-45-27(40)11-10-26(39)35-29(31(42)43)30(41)19-6-4-3-5-7-19/h3-7,16,22-24,28-30,37,41,44H,8-15,17-18H2,1-2H3,(H,35,39)(H,42,43)/t22-,23-,24-,28+,29+,30+,32-,33-,34-/m0/s1. The smallest absolute Gasteiger partial charge is 0.329 e. The first-order valence-electron chi connectivity index (χ1n) is 15.8. The predicted octanol–water partition coefficient (Wildman–Crippen LogP) is 2.42. The lowest BCUT2D eigenvalue weighted by atomic mass is 9.45. The topological polar surface area (TPSA) is 188 Å². The number of carbonyl (C=O) groups excluding carboxylic acids is 4. The number of benzene rings is 1. The van der Waals surface area contributed by atoms with E-state index in [1.54, 1.807) is 24.3 Å². The number of esters is 1. The SMILES string of the molecule is C[C@]12CCC(=O)C=C1CC[C@@H]1[C@@H]2[C@@H](O)C[C@@]2(C)[C@H]1CC[C@]2(O)C(=O)COC(=O)CCC(=O)N[C@@H](C(=O)O)[C@H](O)c1ccccc1. The summed E-state index contributed by atoms with van der Waals surface area (Å²) >= 11 is 0. The normalized spacial score (nSPS) is 35.1. The molecule has 0 saturated heterocycles. The third kappa shape index (κ3) is 5.86. The lowest BCUT2D eigenvalue weighted by molar-refractivity contribution is -0.184. The Morgan fingerprint density at radius 1 is 1.04 bits per heavy atom. The average molecular weight is 626 g/mol. The summed E-state index contributed by atoms with van der Waals surface area (Å²) < 4.78 is 5.16. The highest BCUT2D eigenvalue weighted by molar-refractivity contribution is 5.92. The number of amides is 1. The Balaban J connectivity index is 1.17. The van der Waals surface area contributed by atoms with Gasteiger partial charge in [0.25, 0.3) is 0 Å². The third-order valence-corrected chi connectivity index (χ3v) is 11.5. The number of allylic oxidation sites excluding steroid dienone is 1. The molecule has 244 valence electrons. The molecule has 5 rings (SSSR count). The number of carboxylic acids is 1. The Hall–Kier alpha value is -3.41. The minimum Gasteiger partial charge on any atom is -0.480 e. The number of carbonyl (C=O) groups is 5. The van der Waals surface area contributed by atoms with Gasteiger partial charge >= 0.3 is 11.9 Å². The molecule has 0 heterocycles. The second kappa shape index (κ2) is 12.4. The maximum Gasteiger partial charge on any atom is 0.329 e. The van der Waals surface area contributed by atoms with E-state index >= 15 is 0 Å². The highest BCUT2D eigenvalue weighted by atomic mass is 16.5. The van der Waals surface area contributed by atoms with E-state index in [2.05, 4.69) is 12.2 Å². The summed E-state index contributed by atoms with van der Waals surface area (Å²) in [7, 11) is 0. The van der Waals surface area contributed by atoms with E-state index in [9.17, 15) is 44.4 Å². The summed E-state index contributed by atoms with van der Waals surface area (Å²) in [6.45, 7) is 3.28. The van der Waals surface area contributed by atoms with Gasteiger partial charge in [0.15, 0.2) is 18.4 Å². The number of aliphatic hydroxyl groups excluding tert-OH is 2. The van der Waals surface area contributed by atoms with Gasteiger partial charge in [0.05, 0.1) is 12.5 Å². The molecule has 0 aromatic heterocycles. The molecule has 4 aliphatic carbocycles. The van der Waals surface area contributed by atoms with Gasteiger partial charge in [-0.1, -0.05) is 49.8 Å². The molecule has 3 saturated carbocycles. The van der Waals surface area contributed by atoms with Crippen molar-refractivity contribution in [2.75, 3.05) is 6.61 Å². The van der Waals surface area contributed by atoms with Crippen molar-refractivity contribution in [3.8, 4) is 0 Å². The number of fused-ring (bicyclic) bond motifs is 5. The van der Waals surface area contributed by atoms with Crippen molar-refractivity contribution in [3.63, 3.8) is 0 Å². The highest BCUT2D eigenvalue weighted by Crippen LogP contribution is 2.67. The van der Waals surface area contributed by atoms with E-state index in [-0.39, 0.29) is 41.8 Å². The van der Waals surface area contributed by atoms with Crippen LogP contribution >= 0.6 is 0 Å². The number of ketones is 2. The fraction of sp³-hybridized carbons (Fsp3) is 0.618. The first kappa shape index (κ1) is 33.0. The maximum atomic E-state index is 13.5. The Morgan fingerprint density at radius 3 is 2.44 bits per heavy atom. The average Bonchev–Trinajstić information content (AvgIpc) is 3.28. The van der Waals surface area contributed by atoms with Crippen LogP contribution in [-0.2, 0) is 28.7 Å². The van der Waals surface area contributed by atoms with Crippen molar-refractivity contribution in [1.82, 2.24) is 5.32 Å². The van der Waals surface area contributed by atoms with E-state index in [1.165, 1.54) is 12.1 Å². The van der Waals surface area contributed by atoms with Crippen molar-refractivity contribution in [2.24, 2.45) is 28.6 Å². The van der Waals surface area contributed by atoms with Crippen LogP contribution in [0, 0.1) is 28.6 Å². The van der Waals surface area contributed by atoms with E-state index in [0.29, 0.717) is 24.8 Å². The number of carboxylic acid groups (broad SMARTS) is 1. The number of hydrogen-bond acceptors (Lipinski definition) is 9. The molecule has 1 amide bonds. The summed E-state index contributed by atoms with van der Waals surface area (Å²) in [5.41, 5.74) is -1.63. The Bertz CT molecular complexity index is 1390. The molecule has 45 heavy (non-hydrogen) atoms. The fourth-order valence-corrected chi connectivity index (χ4v) is 9.07. The largest absolute Gasteiger partial charge is 0.480 e. The van der Waals surface area contributed by atoms with Crippen molar-refractivity contribution in [1.29, 1.82) is 0 Å². The molecule has 0 bridgehead atoms. The number of aliphatic carboxylic acids is 1. The van der Waals surface area contributed by atoms with E-state index in [0.717, 1.165) is 18.4 Å². The maximum absolute atomic E-state index is 13.5. The first-order chi connectivity index (χ1) is 21.2. The zero-order valence-electron chi connectivity index (χ0n) is 25.7. The number of Topliss-reactive ketones (excluding diaryl/α,β-unsaturated/α-hetero) is 1. The summed E-state index contributed by atoms with van der Waals surface area (Å²) in [5, 5.41) is 45.5. The Kier molecular flexibility index (Phi) is 9.09. The summed E-state index contributed by atoms with van der Waals surface area (Å²) in [6.07, 6.45) is 2.23. The van der Waals surface area contributed by atoms with Gasteiger partial charge in [-0.25, -0.2) is 4.79 Å². The van der Waals surface area contributed by atoms with Crippen LogP contribution in [-0.4, -0.2) is 74.2 Å². The molecular weight excluding hydrogens is 582 g/mol. The first-order valence-corrected chi connectivity index (χ1v) is 15.8. The zero-order valence-corrected chi connectivity index (χ0v) is 25.7. The van der Waals surface area contributed by atoms with Gasteiger partial charge in [0, 0.05) is 18.3 Å². The number of rotatable bonds is 10. The van der Waals surface area contributed by atoms with Crippen molar-refractivity contribution in [3.05, 3.63) is 47.5 Å². The number of nitrogens with one attached hydrogen (secondary N) is 1. The molecular formula is C34H43NO10. The van der Waals surface area contributed by atoms with Crippen molar-refractivity contribution < 1.29 is 49.1 Å². The highest BCUT2D eigenvalue weighted by Gasteiger charge is 2.68. The molecule has 0 aliphatic heterocycles.